The average Bonchev–Trinajstić information content (AvgIpc) is 3.07. The van der Waals surface area contributed by atoms with Crippen molar-refractivity contribution < 1.29 is 4.79 Å². The third kappa shape index (κ3) is 3.22. The molecule has 1 aromatic heterocycles. The average molecular weight is 345 g/mol. The van der Waals surface area contributed by atoms with E-state index in [4.69, 9.17) is 11.6 Å². The molecule has 1 amide bonds. The first kappa shape index (κ1) is 16.7. The Morgan fingerprint density at radius 3 is 2.25 bits per heavy atom. The Morgan fingerprint density at radius 2 is 1.71 bits per heavy atom. The predicted octanol–water partition coefficient (Wildman–Crippen LogP) is 3.65. The van der Waals surface area contributed by atoms with Gasteiger partial charge < -0.3 is 10.2 Å². The van der Waals surface area contributed by atoms with Crippen molar-refractivity contribution in [2.75, 3.05) is 24.3 Å². The third-order valence-electron chi connectivity index (χ3n) is 4.58. The number of aromatic nitrogens is 2. The van der Waals surface area contributed by atoms with Gasteiger partial charge in [-0.05, 0) is 30.5 Å². The van der Waals surface area contributed by atoms with Crippen LogP contribution in [0.2, 0.25) is 5.02 Å². The number of benzene rings is 1. The summed E-state index contributed by atoms with van der Waals surface area (Å²) in [4.78, 5) is 23.3. The number of anilines is 2. The van der Waals surface area contributed by atoms with Crippen LogP contribution in [0.15, 0.2) is 36.7 Å². The molecule has 0 spiro atoms. The summed E-state index contributed by atoms with van der Waals surface area (Å²) in [5.74, 6) is 0.616. The number of amides is 1. The minimum atomic E-state index is -0.495. The molecule has 1 aromatic carbocycles. The number of hydrogen-bond donors (Lipinski definition) is 1. The molecule has 126 valence electrons. The number of halogens is 1. The van der Waals surface area contributed by atoms with E-state index >= 15 is 0 Å². The molecule has 24 heavy (non-hydrogen) atoms. The van der Waals surface area contributed by atoms with Gasteiger partial charge in [0.15, 0.2) is 0 Å². The van der Waals surface area contributed by atoms with Crippen molar-refractivity contribution in [1.82, 2.24) is 9.97 Å². The van der Waals surface area contributed by atoms with E-state index < -0.39 is 5.41 Å². The lowest BCUT2D eigenvalue weighted by atomic mass is 9.78. The van der Waals surface area contributed by atoms with E-state index in [-0.39, 0.29) is 5.91 Å². The van der Waals surface area contributed by atoms with Gasteiger partial charge in [-0.3, -0.25) is 4.79 Å². The smallest absolute Gasteiger partial charge is 0.235 e. The number of hydrogen-bond acceptors (Lipinski definition) is 4. The molecule has 0 aliphatic heterocycles. The summed E-state index contributed by atoms with van der Waals surface area (Å²) in [6.45, 7) is 0. The molecule has 1 N–H and O–H groups in total. The minimum absolute atomic E-state index is 0.00326. The predicted molar refractivity (Wildman–Crippen MR) is 96.6 cm³/mol. The second kappa shape index (κ2) is 6.77. The van der Waals surface area contributed by atoms with E-state index in [2.05, 4.69) is 15.3 Å². The van der Waals surface area contributed by atoms with Crippen LogP contribution in [0.5, 0.6) is 0 Å². The van der Waals surface area contributed by atoms with Crippen LogP contribution in [-0.4, -0.2) is 30.0 Å². The van der Waals surface area contributed by atoms with Crippen molar-refractivity contribution in [2.45, 2.75) is 31.1 Å². The number of carbonyl (C=O) groups is 1. The highest BCUT2D eigenvalue weighted by molar-refractivity contribution is 6.30. The summed E-state index contributed by atoms with van der Waals surface area (Å²) < 4.78 is 0. The van der Waals surface area contributed by atoms with Gasteiger partial charge in [-0.1, -0.05) is 36.6 Å². The highest BCUT2D eigenvalue weighted by atomic mass is 35.5. The minimum Gasteiger partial charge on any atom is -0.347 e. The van der Waals surface area contributed by atoms with Gasteiger partial charge in [0.1, 0.15) is 0 Å². The summed E-state index contributed by atoms with van der Waals surface area (Å²) in [5.41, 5.74) is 1.14. The van der Waals surface area contributed by atoms with Gasteiger partial charge in [0.05, 0.1) is 23.5 Å². The Kier molecular flexibility index (Phi) is 4.71. The van der Waals surface area contributed by atoms with Gasteiger partial charge in [0.25, 0.3) is 0 Å². The summed E-state index contributed by atoms with van der Waals surface area (Å²) in [6, 6.07) is 7.61. The van der Waals surface area contributed by atoms with Crippen molar-refractivity contribution in [3.05, 3.63) is 47.2 Å². The van der Waals surface area contributed by atoms with Crippen LogP contribution < -0.4 is 10.2 Å². The lowest BCUT2D eigenvalue weighted by molar-refractivity contribution is -0.121. The first-order valence-corrected chi connectivity index (χ1v) is 8.46. The molecule has 0 bridgehead atoms. The molecule has 2 aromatic rings. The van der Waals surface area contributed by atoms with Gasteiger partial charge in [0, 0.05) is 19.1 Å². The highest BCUT2D eigenvalue weighted by Crippen LogP contribution is 2.42. The Hall–Kier alpha value is -2.14. The Labute approximate surface area is 147 Å². The molecule has 3 rings (SSSR count). The molecule has 5 nitrogen and oxygen atoms in total. The Balaban J connectivity index is 1.83. The van der Waals surface area contributed by atoms with Crippen LogP contribution in [0.25, 0.3) is 0 Å². The van der Waals surface area contributed by atoms with Crippen LogP contribution in [-0.2, 0) is 10.2 Å². The number of carbonyl (C=O) groups excluding carboxylic acids is 1. The van der Waals surface area contributed by atoms with Crippen LogP contribution in [0.1, 0.15) is 31.2 Å². The van der Waals surface area contributed by atoms with E-state index in [1.54, 1.807) is 12.4 Å². The lowest BCUT2D eigenvalue weighted by Gasteiger charge is -2.28. The largest absolute Gasteiger partial charge is 0.347 e. The molecule has 1 heterocycles. The van der Waals surface area contributed by atoms with E-state index in [1.165, 1.54) is 0 Å². The molecule has 1 aliphatic carbocycles. The van der Waals surface area contributed by atoms with E-state index in [1.807, 2.05) is 43.3 Å². The van der Waals surface area contributed by atoms with Gasteiger partial charge >= 0.3 is 0 Å². The molecule has 0 unspecified atom stereocenters. The summed E-state index contributed by atoms with van der Waals surface area (Å²) >= 11 is 5.99. The topological polar surface area (TPSA) is 58.1 Å². The highest BCUT2D eigenvalue weighted by Gasteiger charge is 2.42. The first-order chi connectivity index (χ1) is 11.5. The second-order valence-corrected chi connectivity index (χ2v) is 6.85. The quantitative estimate of drug-likeness (QED) is 0.919. The first-order valence-electron chi connectivity index (χ1n) is 8.08. The summed E-state index contributed by atoms with van der Waals surface area (Å²) in [5, 5.41) is 3.67. The molecule has 0 saturated heterocycles. The zero-order valence-corrected chi connectivity index (χ0v) is 14.7. The Bertz CT molecular complexity index is 707. The van der Waals surface area contributed by atoms with Crippen LogP contribution in [0.3, 0.4) is 0 Å². The summed E-state index contributed by atoms with van der Waals surface area (Å²) in [7, 11) is 3.75. The number of nitrogens with zero attached hydrogens (tertiary/aromatic N) is 3. The molecular weight excluding hydrogens is 324 g/mol. The van der Waals surface area contributed by atoms with Gasteiger partial charge in [-0.15, -0.1) is 0 Å². The fourth-order valence-electron chi connectivity index (χ4n) is 3.26. The van der Waals surface area contributed by atoms with Gasteiger partial charge in [-0.2, -0.15) is 0 Å². The van der Waals surface area contributed by atoms with Crippen LogP contribution in [0.4, 0.5) is 11.6 Å². The monoisotopic (exact) mass is 344 g/mol. The van der Waals surface area contributed by atoms with Gasteiger partial charge in [-0.25, -0.2) is 9.97 Å². The molecule has 0 atom stereocenters. The zero-order valence-electron chi connectivity index (χ0n) is 13.9. The van der Waals surface area contributed by atoms with Crippen molar-refractivity contribution in [3.8, 4) is 0 Å². The van der Waals surface area contributed by atoms with Crippen LogP contribution >= 0.6 is 11.6 Å². The van der Waals surface area contributed by atoms with Crippen molar-refractivity contribution >= 4 is 29.1 Å². The van der Waals surface area contributed by atoms with E-state index in [0.717, 1.165) is 31.2 Å². The fraction of sp³-hybridized carbons (Fsp3) is 0.389. The molecule has 0 radical (unpaired) electrons. The molecule has 6 heteroatoms. The third-order valence-corrected chi connectivity index (χ3v) is 4.84. The maximum Gasteiger partial charge on any atom is 0.235 e. The maximum atomic E-state index is 13.0. The van der Waals surface area contributed by atoms with Gasteiger partial charge in [0.2, 0.25) is 11.9 Å². The number of nitrogens with one attached hydrogen (secondary N) is 1. The molecular formula is C18H21ClN4O. The standard InChI is InChI=1S/C18H21ClN4O/c1-23(2)17-20-11-15(12-21-17)22-16(24)18(9-3-4-10-18)13-5-7-14(19)8-6-13/h5-8,11-12H,3-4,9-10H2,1-2H3,(H,22,24). The SMILES string of the molecule is CN(C)c1ncc(NC(=O)C2(c3ccc(Cl)cc3)CCCC2)cn1. The normalized spacial score (nSPS) is 16.0. The van der Waals surface area contributed by atoms with Crippen molar-refractivity contribution in [1.29, 1.82) is 0 Å². The zero-order chi connectivity index (χ0) is 17.2. The number of rotatable bonds is 4. The Morgan fingerprint density at radius 1 is 1.12 bits per heavy atom. The molecule has 1 aliphatic rings. The molecule has 1 fully saturated rings. The maximum absolute atomic E-state index is 13.0. The lowest BCUT2D eigenvalue weighted by Crippen LogP contribution is -2.38. The molecule has 1 saturated carbocycles. The van der Waals surface area contributed by atoms with E-state index in [0.29, 0.717) is 16.7 Å². The summed E-state index contributed by atoms with van der Waals surface area (Å²) in [6.07, 6.45) is 7.07. The van der Waals surface area contributed by atoms with Crippen LogP contribution in [0, 0.1) is 0 Å². The fourth-order valence-corrected chi connectivity index (χ4v) is 3.39. The van der Waals surface area contributed by atoms with Crippen molar-refractivity contribution in [3.63, 3.8) is 0 Å². The van der Waals surface area contributed by atoms with E-state index in [9.17, 15) is 4.79 Å². The van der Waals surface area contributed by atoms with Crippen molar-refractivity contribution in [2.24, 2.45) is 0 Å². The second-order valence-electron chi connectivity index (χ2n) is 6.42.